The smallest absolute Gasteiger partial charge is 0.0568 e. The van der Waals surface area contributed by atoms with Crippen molar-refractivity contribution >= 4 is 17.1 Å². The fourth-order valence-electron chi connectivity index (χ4n) is 2.40. The molecule has 2 rings (SSSR count). The zero-order valence-electron chi connectivity index (χ0n) is 11.0. The number of hydrogen-bond donors (Lipinski definition) is 3. The van der Waals surface area contributed by atoms with Crippen LogP contribution in [0, 0.1) is 0 Å². The molecule has 1 saturated heterocycles. The van der Waals surface area contributed by atoms with E-state index in [1.165, 1.54) is 38.8 Å². The van der Waals surface area contributed by atoms with Crippen LogP contribution < -0.4 is 16.8 Å². The molecule has 0 bridgehead atoms. The molecule has 1 aromatic carbocycles. The average Bonchev–Trinajstić information content (AvgIpc) is 2.62. The molecule has 0 aromatic heterocycles. The van der Waals surface area contributed by atoms with Gasteiger partial charge in [-0.3, -0.25) is 0 Å². The Morgan fingerprint density at radius 3 is 2.39 bits per heavy atom. The van der Waals surface area contributed by atoms with Gasteiger partial charge >= 0.3 is 0 Å². The molecule has 1 fully saturated rings. The van der Waals surface area contributed by atoms with E-state index in [9.17, 15) is 0 Å². The number of rotatable bonds is 4. The SMILES string of the molecule is Nc1ccc(NCCN2CCCCCC2)cc1N. The van der Waals surface area contributed by atoms with E-state index in [1.807, 2.05) is 18.2 Å². The van der Waals surface area contributed by atoms with E-state index in [2.05, 4.69) is 10.2 Å². The third-order valence-corrected chi connectivity index (χ3v) is 3.54. The lowest BCUT2D eigenvalue weighted by Crippen LogP contribution is -2.29. The monoisotopic (exact) mass is 248 g/mol. The summed E-state index contributed by atoms with van der Waals surface area (Å²) >= 11 is 0. The van der Waals surface area contributed by atoms with E-state index >= 15 is 0 Å². The largest absolute Gasteiger partial charge is 0.397 e. The van der Waals surface area contributed by atoms with E-state index < -0.39 is 0 Å². The Bertz CT molecular complexity index is 370. The maximum Gasteiger partial charge on any atom is 0.0568 e. The van der Waals surface area contributed by atoms with Crippen molar-refractivity contribution in [2.45, 2.75) is 25.7 Å². The first-order chi connectivity index (χ1) is 8.75. The summed E-state index contributed by atoms with van der Waals surface area (Å²) in [4.78, 5) is 2.54. The van der Waals surface area contributed by atoms with Crippen molar-refractivity contribution < 1.29 is 0 Å². The second-order valence-corrected chi connectivity index (χ2v) is 5.03. The highest BCUT2D eigenvalue weighted by Gasteiger charge is 2.07. The second kappa shape index (κ2) is 6.50. The molecule has 0 amide bonds. The van der Waals surface area contributed by atoms with E-state index in [0.29, 0.717) is 11.4 Å². The van der Waals surface area contributed by atoms with Gasteiger partial charge in [-0.1, -0.05) is 12.8 Å². The number of nitrogen functional groups attached to an aromatic ring is 2. The third kappa shape index (κ3) is 3.81. The highest BCUT2D eigenvalue weighted by atomic mass is 15.1. The number of nitrogens with two attached hydrogens (primary N) is 2. The summed E-state index contributed by atoms with van der Waals surface area (Å²) in [6, 6.07) is 5.73. The van der Waals surface area contributed by atoms with Gasteiger partial charge in [-0.2, -0.15) is 0 Å². The number of benzene rings is 1. The van der Waals surface area contributed by atoms with Gasteiger partial charge < -0.3 is 21.7 Å². The van der Waals surface area contributed by atoms with Gasteiger partial charge in [-0.05, 0) is 44.1 Å². The second-order valence-electron chi connectivity index (χ2n) is 5.03. The predicted octanol–water partition coefficient (Wildman–Crippen LogP) is 2.14. The standard InChI is InChI=1S/C14H24N4/c15-13-6-5-12(11-14(13)16)17-7-10-18-8-3-1-2-4-9-18/h5-6,11,17H,1-4,7-10,15-16H2. The first-order valence-corrected chi connectivity index (χ1v) is 6.87. The Balaban J connectivity index is 1.75. The highest BCUT2D eigenvalue weighted by molar-refractivity contribution is 5.69. The quantitative estimate of drug-likeness (QED) is 0.714. The molecular weight excluding hydrogens is 224 g/mol. The minimum absolute atomic E-state index is 0.646. The normalized spacial score (nSPS) is 17.3. The molecular formula is C14H24N4. The topological polar surface area (TPSA) is 67.3 Å². The highest BCUT2D eigenvalue weighted by Crippen LogP contribution is 2.19. The lowest BCUT2D eigenvalue weighted by Gasteiger charge is -2.20. The van der Waals surface area contributed by atoms with Crippen molar-refractivity contribution in [2.75, 3.05) is 43.0 Å². The molecule has 0 unspecified atom stereocenters. The van der Waals surface area contributed by atoms with Crippen LogP contribution in [0.25, 0.3) is 0 Å². The van der Waals surface area contributed by atoms with E-state index in [1.54, 1.807) is 0 Å². The Morgan fingerprint density at radius 2 is 1.72 bits per heavy atom. The Kier molecular flexibility index (Phi) is 4.70. The summed E-state index contributed by atoms with van der Waals surface area (Å²) in [6.07, 6.45) is 5.46. The molecule has 0 spiro atoms. The molecule has 0 atom stereocenters. The molecule has 0 saturated carbocycles. The Labute approximate surface area is 109 Å². The summed E-state index contributed by atoms with van der Waals surface area (Å²) in [5, 5.41) is 3.40. The van der Waals surface area contributed by atoms with Crippen LogP contribution in [0.3, 0.4) is 0 Å². The van der Waals surface area contributed by atoms with Crippen molar-refractivity contribution in [1.29, 1.82) is 0 Å². The first-order valence-electron chi connectivity index (χ1n) is 6.87. The minimum atomic E-state index is 0.646. The van der Waals surface area contributed by atoms with Crippen molar-refractivity contribution in [2.24, 2.45) is 0 Å². The van der Waals surface area contributed by atoms with Crippen molar-refractivity contribution in [3.63, 3.8) is 0 Å². The molecule has 0 aliphatic carbocycles. The predicted molar refractivity (Wildman–Crippen MR) is 78.7 cm³/mol. The summed E-state index contributed by atoms with van der Waals surface area (Å²) in [7, 11) is 0. The molecule has 1 aliphatic heterocycles. The molecule has 4 nitrogen and oxygen atoms in total. The molecule has 1 aromatic rings. The van der Waals surface area contributed by atoms with Crippen molar-refractivity contribution in [1.82, 2.24) is 4.90 Å². The van der Waals surface area contributed by atoms with Crippen LogP contribution in [-0.4, -0.2) is 31.1 Å². The van der Waals surface area contributed by atoms with Gasteiger partial charge in [-0.25, -0.2) is 0 Å². The van der Waals surface area contributed by atoms with Gasteiger partial charge in [-0.15, -0.1) is 0 Å². The zero-order chi connectivity index (χ0) is 12.8. The molecule has 5 N–H and O–H groups in total. The number of nitrogens with one attached hydrogen (secondary N) is 1. The van der Waals surface area contributed by atoms with E-state index in [4.69, 9.17) is 11.5 Å². The van der Waals surface area contributed by atoms with Crippen molar-refractivity contribution in [3.05, 3.63) is 18.2 Å². The zero-order valence-corrected chi connectivity index (χ0v) is 11.0. The van der Waals surface area contributed by atoms with Crippen LogP contribution in [0.4, 0.5) is 17.1 Å². The molecule has 4 heteroatoms. The number of likely N-dealkylation sites (tertiary alicyclic amines) is 1. The molecule has 100 valence electrons. The fourth-order valence-corrected chi connectivity index (χ4v) is 2.40. The van der Waals surface area contributed by atoms with Gasteiger partial charge in [0.25, 0.3) is 0 Å². The van der Waals surface area contributed by atoms with Crippen LogP contribution in [0.15, 0.2) is 18.2 Å². The van der Waals surface area contributed by atoms with Crippen LogP contribution in [0.2, 0.25) is 0 Å². The average molecular weight is 248 g/mol. The number of anilines is 3. The Morgan fingerprint density at radius 1 is 1.00 bits per heavy atom. The maximum absolute atomic E-state index is 5.78. The Hall–Kier alpha value is -1.42. The van der Waals surface area contributed by atoms with E-state index in [0.717, 1.165) is 18.8 Å². The number of nitrogens with zero attached hydrogens (tertiary/aromatic N) is 1. The minimum Gasteiger partial charge on any atom is -0.397 e. The third-order valence-electron chi connectivity index (χ3n) is 3.54. The van der Waals surface area contributed by atoms with Crippen LogP contribution in [-0.2, 0) is 0 Å². The van der Waals surface area contributed by atoms with Gasteiger partial charge in [0.1, 0.15) is 0 Å². The molecule has 0 radical (unpaired) electrons. The van der Waals surface area contributed by atoms with Gasteiger partial charge in [0.05, 0.1) is 11.4 Å². The summed E-state index contributed by atoms with van der Waals surface area (Å²) in [5.74, 6) is 0. The lowest BCUT2D eigenvalue weighted by molar-refractivity contribution is 0.296. The summed E-state index contributed by atoms with van der Waals surface area (Å²) in [5.41, 5.74) is 13.8. The fraction of sp³-hybridized carbons (Fsp3) is 0.571. The van der Waals surface area contributed by atoms with Crippen molar-refractivity contribution in [3.8, 4) is 0 Å². The van der Waals surface area contributed by atoms with Gasteiger partial charge in [0, 0.05) is 18.8 Å². The van der Waals surface area contributed by atoms with E-state index in [-0.39, 0.29) is 0 Å². The van der Waals surface area contributed by atoms with Crippen LogP contribution in [0.5, 0.6) is 0 Å². The molecule has 18 heavy (non-hydrogen) atoms. The summed E-state index contributed by atoms with van der Waals surface area (Å²) in [6.45, 7) is 4.55. The lowest BCUT2D eigenvalue weighted by atomic mass is 10.2. The molecule has 1 heterocycles. The molecule has 1 aliphatic rings. The number of hydrogen-bond acceptors (Lipinski definition) is 4. The van der Waals surface area contributed by atoms with Crippen LogP contribution in [0.1, 0.15) is 25.7 Å². The maximum atomic E-state index is 5.78. The van der Waals surface area contributed by atoms with Gasteiger partial charge in [0.15, 0.2) is 0 Å². The van der Waals surface area contributed by atoms with Gasteiger partial charge in [0.2, 0.25) is 0 Å². The van der Waals surface area contributed by atoms with Crippen LogP contribution >= 0.6 is 0 Å². The first kappa shape index (κ1) is 13.0. The summed E-state index contributed by atoms with van der Waals surface area (Å²) < 4.78 is 0.